The Morgan fingerprint density at radius 2 is 2.00 bits per heavy atom. The van der Waals surface area contributed by atoms with Crippen LogP contribution in [0.1, 0.15) is 12.8 Å². The fourth-order valence-corrected chi connectivity index (χ4v) is 4.90. The zero-order chi connectivity index (χ0) is 13.3. The fourth-order valence-electron chi connectivity index (χ4n) is 1.76. The Morgan fingerprint density at radius 1 is 1.33 bits per heavy atom. The van der Waals surface area contributed by atoms with E-state index in [-0.39, 0.29) is 24.1 Å². The molecule has 0 aliphatic heterocycles. The van der Waals surface area contributed by atoms with Gasteiger partial charge in [-0.15, -0.1) is 0 Å². The summed E-state index contributed by atoms with van der Waals surface area (Å²) in [4.78, 5) is 0.234. The molecule has 18 heavy (non-hydrogen) atoms. The van der Waals surface area contributed by atoms with Crippen LogP contribution in [0, 0.1) is 0 Å². The summed E-state index contributed by atoms with van der Waals surface area (Å²) >= 11 is 6.54. The molecule has 0 spiro atoms. The van der Waals surface area contributed by atoms with Crippen molar-refractivity contribution in [2.75, 3.05) is 13.2 Å². The second-order valence-corrected chi connectivity index (χ2v) is 7.77. The van der Waals surface area contributed by atoms with E-state index in [9.17, 15) is 8.42 Å². The van der Waals surface area contributed by atoms with Crippen LogP contribution >= 0.6 is 31.9 Å². The SMILES string of the molecule is O=S(=O)(c1cc(Br)ccc1Br)N(CCO)C1CC1. The van der Waals surface area contributed by atoms with Crippen molar-refractivity contribution in [1.82, 2.24) is 4.31 Å². The minimum Gasteiger partial charge on any atom is -0.395 e. The van der Waals surface area contributed by atoms with Gasteiger partial charge < -0.3 is 5.11 Å². The van der Waals surface area contributed by atoms with E-state index in [2.05, 4.69) is 31.9 Å². The van der Waals surface area contributed by atoms with Crippen LogP contribution in [0.15, 0.2) is 32.0 Å². The topological polar surface area (TPSA) is 57.6 Å². The van der Waals surface area contributed by atoms with Crippen LogP contribution in [-0.2, 0) is 10.0 Å². The summed E-state index contributed by atoms with van der Waals surface area (Å²) in [6.45, 7) is -0.0205. The van der Waals surface area contributed by atoms with Crippen molar-refractivity contribution in [2.45, 2.75) is 23.8 Å². The first-order valence-electron chi connectivity index (χ1n) is 5.54. The van der Waals surface area contributed by atoms with E-state index in [1.807, 2.05) is 0 Å². The normalized spacial score (nSPS) is 16.2. The first-order valence-corrected chi connectivity index (χ1v) is 8.57. The van der Waals surface area contributed by atoms with Crippen molar-refractivity contribution in [1.29, 1.82) is 0 Å². The highest BCUT2D eigenvalue weighted by Gasteiger charge is 2.38. The van der Waals surface area contributed by atoms with Crippen molar-refractivity contribution >= 4 is 41.9 Å². The molecule has 1 N–H and O–H groups in total. The molecule has 7 heteroatoms. The molecule has 0 saturated heterocycles. The number of aliphatic hydroxyl groups is 1. The Hall–Kier alpha value is 0.0500. The summed E-state index contributed by atoms with van der Waals surface area (Å²) in [5.41, 5.74) is 0. The molecule has 1 fully saturated rings. The molecular formula is C11H13Br2NO3S. The molecule has 1 aromatic carbocycles. The number of benzene rings is 1. The van der Waals surface area contributed by atoms with Gasteiger partial charge in [-0.05, 0) is 47.0 Å². The number of hydrogen-bond acceptors (Lipinski definition) is 3. The van der Waals surface area contributed by atoms with Crippen LogP contribution in [0.3, 0.4) is 0 Å². The van der Waals surface area contributed by atoms with Gasteiger partial charge in [0, 0.05) is 21.5 Å². The molecule has 0 heterocycles. The summed E-state index contributed by atoms with van der Waals surface area (Å²) in [6, 6.07) is 5.08. The minimum atomic E-state index is -3.56. The van der Waals surface area contributed by atoms with E-state index >= 15 is 0 Å². The summed E-state index contributed by atoms with van der Waals surface area (Å²) in [7, 11) is -3.56. The third kappa shape index (κ3) is 2.96. The Morgan fingerprint density at radius 3 is 2.56 bits per heavy atom. The Balaban J connectivity index is 2.42. The van der Waals surface area contributed by atoms with Crippen LogP contribution in [0.5, 0.6) is 0 Å². The van der Waals surface area contributed by atoms with Crippen LogP contribution in [-0.4, -0.2) is 37.0 Å². The van der Waals surface area contributed by atoms with E-state index in [0.29, 0.717) is 8.95 Å². The van der Waals surface area contributed by atoms with Gasteiger partial charge in [-0.1, -0.05) is 15.9 Å². The minimum absolute atomic E-state index is 0.0352. The van der Waals surface area contributed by atoms with Gasteiger partial charge in [0.1, 0.15) is 0 Å². The lowest BCUT2D eigenvalue weighted by atomic mass is 10.4. The Labute approximate surface area is 123 Å². The zero-order valence-corrected chi connectivity index (χ0v) is 13.5. The van der Waals surface area contributed by atoms with Crippen molar-refractivity contribution in [2.24, 2.45) is 0 Å². The van der Waals surface area contributed by atoms with Gasteiger partial charge in [-0.2, -0.15) is 4.31 Å². The van der Waals surface area contributed by atoms with Crippen molar-refractivity contribution in [3.8, 4) is 0 Å². The van der Waals surface area contributed by atoms with Gasteiger partial charge in [0.25, 0.3) is 0 Å². The van der Waals surface area contributed by atoms with E-state index in [1.165, 1.54) is 4.31 Å². The molecule has 4 nitrogen and oxygen atoms in total. The molecular weight excluding hydrogens is 386 g/mol. The largest absolute Gasteiger partial charge is 0.395 e. The molecule has 0 amide bonds. The van der Waals surface area contributed by atoms with E-state index in [1.54, 1.807) is 18.2 Å². The average Bonchev–Trinajstić information content (AvgIpc) is 3.13. The molecule has 1 aromatic rings. The number of hydrogen-bond donors (Lipinski definition) is 1. The predicted octanol–water partition coefficient (Wildman–Crippen LogP) is 2.36. The maximum atomic E-state index is 12.5. The number of nitrogens with zero attached hydrogens (tertiary/aromatic N) is 1. The van der Waals surface area contributed by atoms with Gasteiger partial charge in [0.2, 0.25) is 10.0 Å². The van der Waals surface area contributed by atoms with Crippen molar-refractivity contribution < 1.29 is 13.5 Å². The Kier molecular flexibility index (Phi) is 4.48. The summed E-state index contributed by atoms with van der Waals surface area (Å²) in [5, 5.41) is 9.02. The molecule has 2 rings (SSSR count). The summed E-state index contributed by atoms with van der Waals surface area (Å²) in [6.07, 6.45) is 1.73. The highest BCUT2D eigenvalue weighted by Crippen LogP contribution is 2.35. The molecule has 0 atom stereocenters. The lowest BCUT2D eigenvalue weighted by Gasteiger charge is -2.21. The smallest absolute Gasteiger partial charge is 0.244 e. The van der Waals surface area contributed by atoms with Crippen molar-refractivity contribution in [3.05, 3.63) is 27.1 Å². The standard InChI is InChI=1S/C11H13Br2NO3S/c12-8-1-4-10(13)11(7-8)18(16,17)14(5-6-15)9-2-3-9/h1,4,7,9,15H,2-3,5-6H2. The lowest BCUT2D eigenvalue weighted by Crippen LogP contribution is -2.35. The number of rotatable bonds is 5. The predicted molar refractivity (Wildman–Crippen MR) is 75.8 cm³/mol. The highest BCUT2D eigenvalue weighted by molar-refractivity contribution is 9.11. The maximum absolute atomic E-state index is 12.5. The first kappa shape index (κ1) is 14.5. The molecule has 0 unspecified atom stereocenters. The van der Waals surface area contributed by atoms with Crippen LogP contribution in [0.2, 0.25) is 0 Å². The third-order valence-electron chi connectivity index (χ3n) is 2.75. The van der Waals surface area contributed by atoms with E-state index in [0.717, 1.165) is 12.8 Å². The summed E-state index contributed by atoms with van der Waals surface area (Å²) in [5.74, 6) is 0. The third-order valence-corrected chi connectivity index (χ3v) is 6.19. The second-order valence-electron chi connectivity index (χ2n) is 4.15. The quantitative estimate of drug-likeness (QED) is 0.828. The molecule has 1 aliphatic carbocycles. The second kappa shape index (κ2) is 5.58. The molecule has 0 radical (unpaired) electrons. The average molecular weight is 399 g/mol. The lowest BCUT2D eigenvalue weighted by molar-refractivity contribution is 0.250. The number of aliphatic hydroxyl groups excluding tert-OH is 1. The van der Waals surface area contributed by atoms with Crippen LogP contribution in [0.4, 0.5) is 0 Å². The summed E-state index contributed by atoms with van der Waals surface area (Å²) < 4.78 is 27.7. The van der Waals surface area contributed by atoms with Crippen LogP contribution in [0.25, 0.3) is 0 Å². The number of halogens is 2. The molecule has 0 bridgehead atoms. The first-order chi connectivity index (χ1) is 8.46. The van der Waals surface area contributed by atoms with Gasteiger partial charge >= 0.3 is 0 Å². The Bertz CT molecular complexity index is 543. The highest BCUT2D eigenvalue weighted by atomic mass is 79.9. The van der Waals surface area contributed by atoms with Gasteiger partial charge in [0.05, 0.1) is 11.5 Å². The van der Waals surface area contributed by atoms with Crippen LogP contribution < -0.4 is 0 Å². The fraction of sp³-hybridized carbons (Fsp3) is 0.455. The van der Waals surface area contributed by atoms with Gasteiger partial charge in [-0.25, -0.2) is 8.42 Å². The maximum Gasteiger partial charge on any atom is 0.244 e. The molecule has 1 saturated carbocycles. The molecule has 100 valence electrons. The zero-order valence-electron chi connectivity index (χ0n) is 9.51. The van der Waals surface area contributed by atoms with Gasteiger partial charge in [-0.3, -0.25) is 0 Å². The monoisotopic (exact) mass is 397 g/mol. The molecule has 0 aromatic heterocycles. The number of sulfonamides is 1. The van der Waals surface area contributed by atoms with Gasteiger partial charge in [0.15, 0.2) is 0 Å². The molecule has 1 aliphatic rings. The van der Waals surface area contributed by atoms with E-state index in [4.69, 9.17) is 5.11 Å². The van der Waals surface area contributed by atoms with E-state index < -0.39 is 10.0 Å². The van der Waals surface area contributed by atoms with Crippen molar-refractivity contribution in [3.63, 3.8) is 0 Å².